The summed E-state index contributed by atoms with van der Waals surface area (Å²) in [5, 5.41) is 9.05. The maximum atomic E-state index is 11.0. The van der Waals surface area contributed by atoms with Gasteiger partial charge in [-0.1, -0.05) is 24.3 Å². The Kier molecular flexibility index (Phi) is 7.22. The van der Waals surface area contributed by atoms with E-state index in [0.29, 0.717) is 18.6 Å². The molecule has 0 heterocycles. The van der Waals surface area contributed by atoms with Crippen molar-refractivity contribution in [3.8, 4) is 11.5 Å². The van der Waals surface area contributed by atoms with Crippen LogP contribution in [-0.4, -0.2) is 37.4 Å². The Morgan fingerprint density at radius 1 is 1.12 bits per heavy atom. The zero-order valence-electron chi connectivity index (χ0n) is 13.2. The number of ether oxygens (including phenoxy) is 2. The number of carbonyl (C=O) groups is 1. The first-order chi connectivity index (χ1) is 11.2. The molecule has 0 bridgehead atoms. The molecule has 24 heavy (non-hydrogen) atoms. The predicted octanol–water partition coefficient (Wildman–Crippen LogP) is 2.48. The lowest BCUT2D eigenvalue weighted by atomic mass is 10.2. The summed E-state index contributed by atoms with van der Waals surface area (Å²) in [6.07, 6.45) is 0.715. The predicted molar refractivity (Wildman–Crippen MR) is 88.2 cm³/mol. The van der Waals surface area contributed by atoms with Gasteiger partial charge in [0.1, 0.15) is 23.7 Å². The van der Waals surface area contributed by atoms with Crippen molar-refractivity contribution in [2.75, 3.05) is 13.4 Å². The van der Waals surface area contributed by atoms with E-state index in [-0.39, 0.29) is 5.56 Å². The highest BCUT2D eigenvalue weighted by Crippen LogP contribution is 2.20. The Hall–Kier alpha value is -2.58. The Bertz CT molecular complexity index is 777. The third kappa shape index (κ3) is 7.61. The third-order valence-electron chi connectivity index (χ3n) is 2.65. The Morgan fingerprint density at radius 2 is 1.75 bits per heavy atom. The lowest BCUT2D eigenvalue weighted by Crippen LogP contribution is -2.03. The molecule has 0 fully saturated rings. The number of para-hydroxylation sites is 1. The van der Waals surface area contributed by atoms with Crippen molar-refractivity contribution in [3.63, 3.8) is 0 Å². The monoisotopic (exact) mass is 354 g/mol. The van der Waals surface area contributed by atoms with Crippen molar-refractivity contribution in [1.29, 1.82) is 0 Å². The van der Waals surface area contributed by atoms with E-state index in [1.807, 2.05) is 24.3 Å². The summed E-state index contributed by atoms with van der Waals surface area (Å²) in [6, 6.07) is 14.0. The average Bonchev–Trinajstić information content (AvgIpc) is 2.51. The molecule has 8 heteroatoms. The number of rotatable bonds is 5. The van der Waals surface area contributed by atoms with Crippen LogP contribution in [-0.2, 0) is 16.7 Å². The average molecular weight is 354 g/mol. The first-order valence-electron chi connectivity index (χ1n) is 6.71. The Morgan fingerprint density at radius 3 is 2.33 bits per heavy atom. The zero-order chi connectivity index (χ0) is 18.2. The molecule has 2 N–H and O–H groups in total. The van der Waals surface area contributed by atoms with Gasteiger partial charge in [-0.15, -0.1) is 0 Å². The molecule has 0 unspecified atom stereocenters. The molecule has 2 aromatic carbocycles. The molecule has 0 radical (unpaired) electrons. The van der Waals surface area contributed by atoms with E-state index in [9.17, 15) is 13.2 Å². The quantitative estimate of drug-likeness (QED) is 0.794. The van der Waals surface area contributed by atoms with Gasteiger partial charge >= 0.3 is 5.97 Å². The molecule has 0 atom stereocenters. The van der Waals surface area contributed by atoms with Crippen LogP contribution in [0.15, 0.2) is 48.5 Å². The van der Waals surface area contributed by atoms with Crippen LogP contribution in [0.25, 0.3) is 0 Å². The minimum Gasteiger partial charge on any atom is -0.497 e. The van der Waals surface area contributed by atoms with Crippen molar-refractivity contribution >= 4 is 16.1 Å². The molecule has 0 saturated heterocycles. The van der Waals surface area contributed by atoms with Crippen LogP contribution in [0.2, 0.25) is 0 Å². The maximum absolute atomic E-state index is 11.0. The molecule has 2 aromatic rings. The van der Waals surface area contributed by atoms with Crippen molar-refractivity contribution in [3.05, 3.63) is 59.7 Å². The molecule has 0 aromatic heterocycles. The topological polar surface area (TPSA) is 110 Å². The van der Waals surface area contributed by atoms with Gasteiger partial charge in [0, 0.05) is 0 Å². The van der Waals surface area contributed by atoms with Crippen LogP contribution in [0.5, 0.6) is 11.5 Å². The smallest absolute Gasteiger partial charge is 0.339 e. The number of aromatic carboxylic acids is 1. The van der Waals surface area contributed by atoms with Crippen LogP contribution >= 0.6 is 0 Å². The first-order valence-corrected chi connectivity index (χ1v) is 8.56. The summed E-state index contributed by atoms with van der Waals surface area (Å²) in [5.41, 5.74) is 1.07. The van der Waals surface area contributed by atoms with Crippen LogP contribution in [0.1, 0.15) is 15.9 Å². The van der Waals surface area contributed by atoms with Crippen molar-refractivity contribution in [2.24, 2.45) is 0 Å². The molecular weight excluding hydrogens is 336 g/mol. The minimum absolute atomic E-state index is 0.158. The van der Waals surface area contributed by atoms with Crippen LogP contribution in [0.3, 0.4) is 0 Å². The van der Waals surface area contributed by atoms with E-state index in [2.05, 4.69) is 0 Å². The van der Waals surface area contributed by atoms with E-state index in [4.69, 9.17) is 19.1 Å². The minimum atomic E-state index is -3.67. The fourth-order valence-electron chi connectivity index (χ4n) is 1.69. The molecule has 0 amide bonds. The second-order valence-electron chi connectivity index (χ2n) is 4.67. The van der Waals surface area contributed by atoms with Crippen LogP contribution in [0, 0.1) is 0 Å². The number of carboxylic acids is 1. The van der Waals surface area contributed by atoms with Gasteiger partial charge in [0.05, 0.1) is 13.4 Å². The van der Waals surface area contributed by atoms with Gasteiger partial charge in [-0.05, 0) is 29.8 Å². The van der Waals surface area contributed by atoms with E-state index >= 15 is 0 Å². The number of benzene rings is 2. The molecule has 0 aliphatic carbocycles. The number of methoxy groups -OCH3 is 1. The van der Waals surface area contributed by atoms with Crippen molar-refractivity contribution in [2.45, 2.75) is 6.61 Å². The molecule has 7 nitrogen and oxygen atoms in total. The van der Waals surface area contributed by atoms with E-state index in [0.717, 1.165) is 11.3 Å². The highest BCUT2D eigenvalue weighted by molar-refractivity contribution is 7.85. The van der Waals surface area contributed by atoms with Crippen LogP contribution in [0.4, 0.5) is 0 Å². The molecular formula is C16H18O7S. The molecule has 130 valence electrons. The highest BCUT2D eigenvalue weighted by atomic mass is 32.2. The zero-order valence-corrected chi connectivity index (χ0v) is 14.0. The van der Waals surface area contributed by atoms with E-state index in [1.54, 1.807) is 25.3 Å². The van der Waals surface area contributed by atoms with Gasteiger partial charge < -0.3 is 14.6 Å². The van der Waals surface area contributed by atoms with Gasteiger partial charge in [0.2, 0.25) is 0 Å². The second-order valence-corrected chi connectivity index (χ2v) is 6.14. The summed E-state index contributed by atoms with van der Waals surface area (Å²) in [7, 11) is -2.07. The molecule has 0 spiro atoms. The van der Waals surface area contributed by atoms with Gasteiger partial charge in [-0.25, -0.2) is 4.79 Å². The maximum Gasteiger partial charge on any atom is 0.339 e. The molecule has 2 rings (SSSR count). The second kappa shape index (κ2) is 8.90. The van der Waals surface area contributed by atoms with E-state index < -0.39 is 16.1 Å². The summed E-state index contributed by atoms with van der Waals surface area (Å²) >= 11 is 0. The summed E-state index contributed by atoms with van der Waals surface area (Å²) < 4.78 is 36.5. The number of carboxylic acid groups (broad SMARTS) is 1. The molecule has 0 aliphatic rings. The Balaban J connectivity index is 0.000000505. The SMILES string of the molecule is COc1cccc(COc2ccccc2C(=O)O)c1.CS(=O)(=O)O. The van der Waals surface area contributed by atoms with Gasteiger partial charge in [0.25, 0.3) is 10.1 Å². The lowest BCUT2D eigenvalue weighted by Gasteiger charge is -2.09. The van der Waals surface area contributed by atoms with Crippen molar-refractivity contribution < 1.29 is 32.3 Å². The summed E-state index contributed by atoms with van der Waals surface area (Å²) in [5.74, 6) is 0.103. The van der Waals surface area contributed by atoms with E-state index in [1.165, 1.54) is 6.07 Å². The number of hydrogen-bond donors (Lipinski definition) is 2. The number of hydrogen-bond acceptors (Lipinski definition) is 5. The van der Waals surface area contributed by atoms with Crippen molar-refractivity contribution in [1.82, 2.24) is 0 Å². The third-order valence-corrected chi connectivity index (χ3v) is 2.65. The normalized spacial score (nSPS) is 10.3. The highest BCUT2D eigenvalue weighted by Gasteiger charge is 2.10. The fraction of sp³-hybridized carbons (Fsp3) is 0.188. The summed E-state index contributed by atoms with van der Waals surface area (Å²) in [4.78, 5) is 11.0. The summed E-state index contributed by atoms with van der Waals surface area (Å²) in [6.45, 7) is 0.293. The largest absolute Gasteiger partial charge is 0.497 e. The Labute approximate surface area is 140 Å². The van der Waals surface area contributed by atoms with Gasteiger partial charge in [-0.2, -0.15) is 8.42 Å². The standard InChI is InChI=1S/C15H14O4.CH4O3S/c1-18-12-6-4-5-11(9-12)10-19-14-8-3-2-7-13(14)15(16)17;1-5(2,3)4/h2-9H,10H2,1H3,(H,16,17);1H3,(H,2,3,4). The van der Waals surface area contributed by atoms with Gasteiger partial charge in [0.15, 0.2) is 0 Å². The molecule has 0 saturated carbocycles. The van der Waals surface area contributed by atoms with Crippen LogP contribution < -0.4 is 9.47 Å². The fourth-order valence-corrected chi connectivity index (χ4v) is 1.69. The van der Waals surface area contributed by atoms with Gasteiger partial charge in [-0.3, -0.25) is 4.55 Å². The first kappa shape index (κ1) is 19.5. The lowest BCUT2D eigenvalue weighted by molar-refractivity contribution is 0.0691. The molecule has 0 aliphatic heterocycles.